The second-order valence-electron chi connectivity index (χ2n) is 4.97. The van der Waals surface area contributed by atoms with Gasteiger partial charge in [-0.25, -0.2) is 15.0 Å². The standard InChI is InChI=1S/C17H9ClN4S/c18-16-15(20-11-5-1-2-6-12(11)21-16)10(9-19)17-22-13-7-3-4-8-14(13)23-17/h1-8,10H/t10-/m0/s1. The summed E-state index contributed by atoms with van der Waals surface area (Å²) in [6.45, 7) is 0. The van der Waals surface area contributed by atoms with Gasteiger partial charge in [0.1, 0.15) is 16.6 Å². The van der Waals surface area contributed by atoms with Gasteiger partial charge in [-0.1, -0.05) is 35.9 Å². The number of aromatic nitrogens is 3. The van der Waals surface area contributed by atoms with Gasteiger partial charge in [-0.15, -0.1) is 11.3 Å². The number of rotatable bonds is 2. The van der Waals surface area contributed by atoms with Crippen LogP contribution in [0.25, 0.3) is 21.3 Å². The number of halogens is 1. The van der Waals surface area contributed by atoms with Crippen molar-refractivity contribution in [2.45, 2.75) is 5.92 Å². The lowest BCUT2D eigenvalue weighted by Gasteiger charge is -2.08. The lowest BCUT2D eigenvalue weighted by molar-refractivity contribution is 0.952. The molecular weight excluding hydrogens is 328 g/mol. The van der Waals surface area contributed by atoms with E-state index in [2.05, 4.69) is 21.0 Å². The van der Waals surface area contributed by atoms with Crippen molar-refractivity contribution in [2.24, 2.45) is 0 Å². The molecule has 0 aliphatic carbocycles. The average molecular weight is 337 g/mol. The van der Waals surface area contributed by atoms with Crippen LogP contribution in [0.5, 0.6) is 0 Å². The van der Waals surface area contributed by atoms with Crippen molar-refractivity contribution >= 4 is 44.2 Å². The Morgan fingerprint density at radius 1 is 0.913 bits per heavy atom. The highest BCUT2D eigenvalue weighted by Gasteiger charge is 2.23. The van der Waals surface area contributed by atoms with Crippen molar-refractivity contribution in [1.29, 1.82) is 5.26 Å². The highest BCUT2D eigenvalue weighted by molar-refractivity contribution is 7.18. The maximum Gasteiger partial charge on any atom is 0.153 e. The van der Waals surface area contributed by atoms with Crippen LogP contribution in [0.1, 0.15) is 16.6 Å². The van der Waals surface area contributed by atoms with Crippen molar-refractivity contribution in [3.63, 3.8) is 0 Å². The highest BCUT2D eigenvalue weighted by Crippen LogP contribution is 2.33. The van der Waals surface area contributed by atoms with Gasteiger partial charge < -0.3 is 0 Å². The molecule has 0 unspecified atom stereocenters. The Kier molecular flexibility index (Phi) is 3.41. The van der Waals surface area contributed by atoms with E-state index in [1.165, 1.54) is 11.3 Å². The minimum absolute atomic E-state index is 0.245. The first-order valence-electron chi connectivity index (χ1n) is 6.93. The van der Waals surface area contributed by atoms with Crippen LogP contribution in [0.15, 0.2) is 48.5 Å². The van der Waals surface area contributed by atoms with E-state index in [1.54, 1.807) is 0 Å². The zero-order chi connectivity index (χ0) is 15.8. The molecule has 4 aromatic rings. The van der Waals surface area contributed by atoms with E-state index in [0.29, 0.717) is 21.7 Å². The number of nitrogens with zero attached hydrogens (tertiary/aromatic N) is 4. The van der Waals surface area contributed by atoms with Gasteiger partial charge in [0.2, 0.25) is 0 Å². The molecule has 0 saturated heterocycles. The van der Waals surface area contributed by atoms with Crippen LogP contribution >= 0.6 is 22.9 Å². The molecule has 0 aliphatic rings. The van der Waals surface area contributed by atoms with Gasteiger partial charge in [0, 0.05) is 0 Å². The van der Waals surface area contributed by atoms with Gasteiger partial charge in [-0.2, -0.15) is 5.26 Å². The largest absolute Gasteiger partial charge is 0.246 e. The van der Waals surface area contributed by atoms with E-state index < -0.39 is 5.92 Å². The van der Waals surface area contributed by atoms with Gasteiger partial charge in [-0.05, 0) is 24.3 Å². The van der Waals surface area contributed by atoms with E-state index in [4.69, 9.17) is 11.6 Å². The van der Waals surface area contributed by atoms with Gasteiger partial charge in [-0.3, -0.25) is 0 Å². The lowest BCUT2D eigenvalue weighted by atomic mass is 10.1. The molecule has 0 spiro atoms. The third-order valence-electron chi connectivity index (χ3n) is 3.51. The second-order valence-corrected chi connectivity index (χ2v) is 6.39. The average Bonchev–Trinajstić information content (AvgIpc) is 2.99. The van der Waals surface area contributed by atoms with Crippen molar-refractivity contribution in [2.75, 3.05) is 0 Å². The number of fused-ring (bicyclic) bond motifs is 2. The Bertz CT molecular complexity index is 1030. The zero-order valence-corrected chi connectivity index (χ0v) is 13.3. The molecule has 0 amide bonds. The zero-order valence-electron chi connectivity index (χ0n) is 11.8. The van der Waals surface area contributed by atoms with Crippen LogP contribution in [0.3, 0.4) is 0 Å². The minimum Gasteiger partial charge on any atom is -0.246 e. The van der Waals surface area contributed by atoms with Gasteiger partial charge in [0.15, 0.2) is 5.15 Å². The molecule has 4 rings (SSSR count). The van der Waals surface area contributed by atoms with E-state index in [9.17, 15) is 5.26 Å². The first-order chi connectivity index (χ1) is 11.3. The molecule has 6 heteroatoms. The summed E-state index contributed by atoms with van der Waals surface area (Å²) in [6, 6.07) is 17.5. The minimum atomic E-state index is -0.628. The molecule has 2 aromatic carbocycles. The van der Waals surface area contributed by atoms with Crippen LogP contribution in [-0.2, 0) is 0 Å². The molecule has 0 saturated carbocycles. The molecular formula is C17H9ClN4S. The highest BCUT2D eigenvalue weighted by atomic mass is 35.5. The summed E-state index contributed by atoms with van der Waals surface area (Å²) in [6.07, 6.45) is 0. The van der Waals surface area contributed by atoms with Crippen LogP contribution in [0.2, 0.25) is 5.15 Å². The van der Waals surface area contributed by atoms with Crippen molar-refractivity contribution in [3.8, 4) is 6.07 Å². The molecule has 0 N–H and O–H groups in total. The lowest BCUT2D eigenvalue weighted by Crippen LogP contribution is -2.03. The fourth-order valence-electron chi connectivity index (χ4n) is 2.42. The maximum absolute atomic E-state index is 9.64. The number of hydrogen-bond donors (Lipinski definition) is 0. The molecule has 0 bridgehead atoms. The molecule has 2 heterocycles. The normalized spacial score (nSPS) is 12.3. The number of thiazole rings is 1. The van der Waals surface area contributed by atoms with Crippen molar-refractivity contribution < 1.29 is 0 Å². The molecule has 0 fully saturated rings. The topological polar surface area (TPSA) is 62.5 Å². The van der Waals surface area contributed by atoms with Crippen LogP contribution < -0.4 is 0 Å². The summed E-state index contributed by atoms with van der Waals surface area (Å²) in [5.41, 5.74) is 2.75. The summed E-state index contributed by atoms with van der Waals surface area (Å²) >= 11 is 7.76. The second kappa shape index (κ2) is 5.58. The van der Waals surface area contributed by atoms with Gasteiger partial charge in [0.05, 0.1) is 27.3 Å². The maximum atomic E-state index is 9.64. The summed E-state index contributed by atoms with van der Waals surface area (Å²) in [5, 5.41) is 10.6. The van der Waals surface area contributed by atoms with E-state index in [0.717, 1.165) is 10.2 Å². The van der Waals surface area contributed by atoms with Crippen LogP contribution in [-0.4, -0.2) is 15.0 Å². The molecule has 0 aliphatic heterocycles. The molecule has 0 radical (unpaired) electrons. The molecule has 23 heavy (non-hydrogen) atoms. The van der Waals surface area contributed by atoms with Gasteiger partial charge in [0.25, 0.3) is 0 Å². The Labute approximate surface area is 141 Å². The van der Waals surface area contributed by atoms with E-state index >= 15 is 0 Å². The first-order valence-corrected chi connectivity index (χ1v) is 8.13. The molecule has 4 nitrogen and oxygen atoms in total. The Balaban J connectivity index is 1.89. The monoisotopic (exact) mass is 336 g/mol. The number of hydrogen-bond acceptors (Lipinski definition) is 5. The smallest absolute Gasteiger partial charge is 0.153 e. The van der Waals surface area contributed by atoms with Crippen LogP contribution in [0, 0.1) is 11.3 Å². The fourth-order valence-corrected chi connectivity index (χ4v) is 3.68. The number of para-hydroxylation sites is 3. The van der Waals surface area contributed by atoms with E-state index in [-0.39, 0.29) is 5.15 Å². The SMILES string of the molecule is N#C[C@H](c1nc2ccccc2s1)c1nc2ccccc2nc1Cl. The predicted octanol–water partition coefficient (Wildman–Crippen LogP) is 4.55. The molecule has 2 aromatic heterocycles. The van der Waals surface area contributed by atoms with Crippen LogP contribution in [0.4, 0.5) is 0 Å². The number of benzene rings is 2. The summed E-state index contributed by atoms with van der Waals surface area (Å²) in [5.74, 6) is -0.628. The van der Waals surface area contributed by atoms with Crippen molar-refractivity contribution in [1.82, 2.24) is 15.0 Å². The summed E-state index contributed by atoms with van der Waals surface area (Å²) in [7, 11) is 0. The first kappa shape index (κ1) is 14.1. The Morgan fingerprint density at radius 2 is 1.57 bits per heavy atom. The predicted molar refractivity (Wildman–Crippen MR) is 91.6 cm³/mol. The van der Waals surface area contributed by atoms with Gasteiger partial charge >= 0.3 is 0 Å². The fraction of sp³-hybridized carbons (Fsp3) is 0.0588. The molecule has 110 valence electrons. The summed E-state index contributed by atoms with van der Waals surface area (Å²) in [4.78, 5) is 13.4. The quantitative estimate of drug-likeness (QED) is 0.538. The third-order valence-corrected chi connectivity index (χ3v) is 4.89. The van der Waals surface area contributed by atoms with E-state index in [1.807, 2.05) is 48.5 Å². The third kappa shape index (κ3) is 2.42. The molecule has 1 atom stereocenters. The number of nitriles is 1. The summed E-state index contributed by atoms with van der Waals surface area (Å²) < 4.78 is 1.03. The van der Waals surface area contributed by atoms with Crippen molar-refractivity contribution in [3.05, 3.63) is 64.4 Å². The Hall–Kier alpha value is -2.55. The Morgan fingerprint density at radius 3 is 2.26 bits per heavy atom.